The highest BCUT2D eigenvalue weighted by atomic mass is 32.2. The Morgan fingerprint density at radius 1 is 1.43 bits per heavy atom. The van der Waals surface area contributed by atoms with Crippen molar-refractivity contribution in [1.29, 1.82) is 0 Å². The van der Waals surface area contributed by atoms with Gasteiger partial charge in [-0.2, -0.15) is 4.31 Å². The number of hydrogen-bond acceptors (Lipinski definition) is 4. The summed E-state index contributed by atoms with van der Waals surface area (Å²) in [5.41, 5.74) is 4.32. The monoisotopic (exact) mass is 332 g/mol. The predicted molar refractivity (Wildman–Crippen MR) is 80.9 cm³/mol. The van der Waals surface area contributed by atoms with Gasteiger partial charge >= 0.3 is 0 Å². The molecule has 0 spiro atoms. The summed E-state index contributed by atoms with van der Waals surface area (Å²) >= 11 is 4.76. The average molecular weight is 332 g/mol. The van der Waals surface area contributed by atoms with E-state index in [9.17, 15) is 17.9 Å². The van der Waals surface area contributed by atoms with Crippen LogP contribution in [-0.4, -0.2) is 41.5 Å². The molecule has 8 heteroatoms. The Hall–Kier alpha value is -1.09. The molecule has 1 heterocycles. The van der Waals surface area contributed by atoms with Crippen LogP contribution in [0.15, 0.2) is 23.1 Å². The molecule has 0 amide bonds. The number of aliphatic hydroxyl groups is 1. The van der Waals surface area contributed by atoms with Gasteiger partial charge in [-0.25, -0.2) is 12.8 Å². The number of benzene rings is 1. The van der Waals surface area contributed by atoms with E-state index < -0.39 is 21.4 Å². The second-order valence-corrected chi connectivity index (χ2v) is 7.72. The van der Waals surface area contributed by atoms with Crippen LogP contribution >= 0.6 is 12.2 Å². The number of sulfonamides is 1. The molecule has 21 heavy (non-hydrogen) atoms. The number of halogens is 1. The predicted octanol–water partition coefficient (Wildman–Crippen LogP) is 0.995. The van der Waals surface area contributed by atoms with Gasteiger partial charge in [-0.15, -0.1) is 0 Å². The van der Waals surface area contributed by atoms with Crippen molar-refractivity contribution in [3.05, 3.63) is 29.6 Å². The highest BCUT2D eigenvalue weighted by molar-refractivity contribution is 7.89. The SMILES string of the molecule is CC1(O)CCN(S(=O)(=O)c2cccc(F)c2C(N)=S)CC1. The molecule has 1 aliphatic rings. The number of rotatable bonds is 3. The minimum absolute atomic E-state index is 0.169. The third-order valence-corrected chi connectivity index (χ3v) is 5.78. The van der Waals surface area contributed by atoms with Crippen LogP contribution in [0.1, 0.15) is 25.3 Å². The number of thiocarbonyl (C=S) groups is 1. The lowest BCUT2D eigenvalue weighted by Crippen LogP contribution is -2.45. The average Bonchev–Trinajstić information content (AvgIpc) is 2.37. The maximum absolute atomic E-state index is 13.8. The summed E-state index contributed by atoms with van der Waals surface area (Å²) in [6, 6.07) is 3.72. The minimum atomic E-state index is -3.90. The van der Waals surface area contributed by atoms with Crippen molar-refractivity contribution in [2.45, 2.75) is 30.3 Å². The Labute approximate surface area is 128 Å². The molecular weight excluding hydrogens is 315 g/mol. The van der Waals surface area contributed by atoms with E-state index in [-0.39, 0.29) is 28.5 Å². The van der Waals surface area contributed by atoms with Crippen LogP contribution in [0.4, 0.5) is 4.39 Å². The van der Waals surface area contributed by atoms with E-state index in [1.54, 1.807) is 6.92 Å². The Kier molecular flexibility index (Phi) is 4.34. The Morgan fingerprint density at radius 2 is 2.00 bits per heavy atom. The van der Waals surface area contributed by atoms with E-state index in [4.69, 9.17) is 18.0 Å². The lowest BCUT2D eigenvalue weighted by molar-refractivity contribution is 0.0126. The zero-order valence-corrected chi connectivity index (χ0v) is 13.2. The fourth-order valence-corrected chi connectivity index (χ4v) is 4.24. The van der Waals surface area contributed by atoms with Crippen molar-refractivity contribution in [2.75, 3.05) is 13.1 Å². The molecule has 0 radical (unpaired) electrons. The molecule has 116 valence electrons. The van der Waals surface area contributed by atoms with E-state index >= 15 is 0 Å². The first kappa shape index (κ1) is 16.3. The molecule has 1 saturated heterocycles. The van der Waals surface area contributed by atoms with Crippen molar-refractivity contribution < 1.29 is 17.9 Å². The topological polar surface area (TPSA) is 83.6 Å². The summed E-state index contributed by atoms with van der Waals surface area (Å²) < 4.78 is 40.3. The van der Waals surface area contributed by atoms with Crippen LogP contribution in [-0.2, 0) is 10.0 Å². The zero-order valence-electron chi connectivity index (χ0n) is 11.5. The molecule has 0 aliphatic carbocycles. The second-order valence-electron chi connectivity index (χ2n) is 5.38. The largest absolute Gasteiger partial charge is 0.390 e. The van der Waals surface area contributed by atoms with Gasteiger partial charge < -0.3 is 10.8 Å². The molecule has 0 aromatic heterocycles. The second kappa shape index (κ2) is 5.60. The Balaban J connectivity index is 2.42. The van der Waals surface area contributed by atoms with Crippen molar-refractivity contribution in [2.24, 2.45) is 5.73 Å². The van der Waals surface area contributed by atoms with E-state index in [1.165, 1.54) is 16.4 Å². The fourth-order valence-electron chi connectivity index (χ4n) is 2.31. The van der Waals surface area contributed by atoms with Crippen LogP contribution in [0.3, 0.4) is 0 Å². The van der Waals surface area contributed by atoms with Crippen molar-refractivity contribution in [1.82, 2.24) is 4.31 Å². The van der Waals surface area contributed by atoms with Gasteiger partial charge in [0, 0.05) is 13.1 Å². The molecule has 1 aromatic carbocycles. The molecule has 5 nitrogen and oxygen atoms in total. The van der Waals surface area contributed by atoms with E-state index in [0.717, 1.165) is 6.07 Å². The minimum Gasteiger partial charge on any atom is -0.390 e. The zero-order chi connectivity index (χ0) is 15.8. The van der Waals surface area contributed by atoms with Gasteiger partial charge in [-0.05, 0) is 31.9 Å². The summed E-state index contributed by atoms with van der Waals surface area (Å²) in [6.07, 6.45) is 0.647. The maximum Gasteiger partial charge on any atom is 0.243 e. The van der Waals surface area contributed by atoms with Crippen LogP contribution in [0.2, 0.25) is 0 Å². The van der Waals surface area contributed by atoms with Gasteiger partial charge in [0.1, 0.15) is 10.8 Å². The molecule has 0 unspecified atom stereocenters. The number of nitrogens with zero attached hydrogens (tertiary/aromatic N) is 1. The van der Waals surface area contributed by atoms with Crippen molar-refractivity contribution in [3.8, 4) is 0 Å². The van der Waals surface area contributed by atoms with Gasteiger partial charge in [0.2, 0.25) is 10.0 Å². The number of nitrogens with two attached hydrogens (primary N) is 1. The molecule has 1 aliphatic heterocycles. The van der Waals surface area contributed by atoms with Crippen molar-refractivity contribution >= 4 is 27.2 Å². The third-order valence-electron chi connectivity index (χ3n) is 3.64. The third kappa shape index (κ3) is 3.23. The molecule has 0 bridgehead atoms. The fraction of sp³-hybridized carbons (Fsp3) is 0.462. The summed E-state index contributed by atoms with van der Waals surface area (Å²) in [4.78, 5) is -0.521. The maximum atomic E-state index is 13.8. The number of piperidine rings is 1. The van der Waals surface area contributed by atoms with Crippen molar-refractivity contribution in [3.63, 3.8) is 0 Å². The van der Waals surface area contributed by atoms with Crippen LogP contribution in [0.5, 0.6) is 0 Å². The quantitative estimate of drug-likeness (QED) is 0.807. The first-order chi connectivity index (χ1) is 9.65. The summed E-state index contributed by atoms with van der Waals surface area (Å²) in [7, 11) is -3.90. The highest BCUT2D eigenvalue weighted by Gasteiger charge is 2.35. The number of hydrogen-bond donors (Lipinski definition) is 2. The van der Waals surface area contributed by atoms with Gasteiger partial charge in [0.25, 0.3) is 0 Å². The molecule has 0 atom stereocenters. The van der Waals surface area contributed by atoms with Crippen LogP contribution in [0, 0.1) is 5.82 Å². The van der Waals surface area contributed by atoms with Gasteiger partial charge in [-0.3, -0.25) is 0 Å². The molecule has 1 fully saturated rings. The van der Waals surface area contributed by atoms with E-state index in [2.05, 4.69) is 0 Å². The highest BCUT2D eigenvalue weighted by Crippen LogP contribution is 2.28. The molecule has 1 aromatic rings. The normalized spacial score (nSPS) is 19.4. The standard InChI is InChI=1S/C13H17FN2O3S2/c1-13(17)5-7-16(8-6-13)21(18,19)10-4-2-3-9(14)11(10)12(15)20/h2-4,17H,5-8H2,1H3,(H2,15,20). The Bertz CT molecular complexity index is 664. The summed E-state index contributed by atoms with van der Waals surface area (Å²) in [5, 5.41) is 9.89. The van der Waals surface area contributed by atoms with Crippen LogP contribution in [0.25, 0.3) is 0 Å². The Morgan fingerprint density at radius 3 is 2.52 bits per heavy atom. The first-order valence-electron chi connectivity index (χ1n) is 6.46. The lowest BCUT2D eigenvalue weighted by Gasteiger charge is -2.35. The smallest absolute Gasteiger partial charge is 0.243 e. The van der Waals surface area contributed by atoms with Gasteiger partial charge in [0.05, 0.1) is 16.1 Å². The molecule has 3 N–H and O–H groups in total. The molecule has 0 saturated carbocycles. The van der Waals surface area contributed by atoms with Gasteiger partial charge in [-0.1, -0.05) is 18.3 Å². The first-order valence-corrected chi connectivity index (χ1v) is 8.31. The van der Waals surface area contributed by atoms with E-state index in [0.29, 0.717) is 12.8 Å². The summed E-state index contributed by atoms with van der Waals surface area (Å²) in [5.74, 6) is -0.757. The molecule has 2 rings (SSSR count). The van der Waals surface area contributed by atoms with Crippen LogP contribution < -0.4 is 5.73 Å². The van der Waals surface area contributed by atoms with Gasteiger partial charge in [0.15, 0.2) is 0 Å². The van der Waals surface area contributed by atoms with E-state index in [1.807, 2.05) is 0 Å². The molecular formula is C13H17FN2O3S2. The lowest BCUT2D eigenvalue weighted by atomic mass is 9.95. The summed E-state index contributed by atoms with van der Waals surface area (Å²) in [6.45, 7) is 2.00.